The molecule has 0 aromatic heterocycles. The molecule has 1 aliphatic carbocycles. The minimum atomic E-state index is -3.45. The number of benzene rings is 1. The highest BCUT2D eigenvalue weighted by Gasteiger charge is 2.31. The zero-order valence-electron chi connectivity index (χ0n) is 12.5. The number of nitrogen functional groups attached to an aromatic ring is 1. The van der Waals surface area contributed by atoms with Gasteiger partial charge in [0.25, 0.3) is 0 Å². The normalized spacial score (nSPS) is 23.4. The Morgan fingerprint density at radius 1 is 1.29 bits per heavy atom. The van der Waals surface area contributed by atoms with E-state index in [9.17, 15) is 8.42 Å². The van der Waals surface area contributed by atoms with Crippen molar-refractivity contribution in [2.75, 3.05) is 12.8 Å². The Kier molecular flexibility index (Phi) is 5.33. The fourth-order valence-electron chi connectivity index (χ4n) is 2.95. The summed E-state index contributed by atoms with van der Waals surface area (Å²) in [7, 11) is -1.76. The summed E-state index contributed by atoms with van der Waals surface area (Å²) in [6.45, 7) is 2.21. The van der Waals surface area contributed by atoms with E-state index in [4.69, 9.17) is 5.73 Å². The maximum absolute atomic E-state index is 12.7. The number of rotatable bonds is 4. The molecule has 0 unspecified atom stereocenters. The van der Waals surface area contributed by atoms with Gasteiger partial charge in [-0.3, -0.25) is 0 Å². The summed E-state index contributed by atoms with van der Waals surface area (Å²) < 4.78 is 27.6. The van der Waals surface area contributed by atoms with Crippen molar-refractivity contribution in [1.82, 2.24) is 4.31 Å². The molecule has 1 aliphatic rings. The molecule has 1 saturated carbocycles. The maximum Gasteiger partial charge on any atom is 0.243 e. The van der Waals surface area contributed by atoms with Crippen molar-refractivity contribution in [1.29, 1.82) is 0 Å². The van der Waals surface area contributed by atoms with Crippen LogP contribution in [-0.4, -0.2) is 25.8 Å². The van der Waals surface area contributed by atoms with E-state index in [2.05, 4.69) is 22.9 Å². The molecular weight excluding hydrogens is 352 g/mol. The van der Waals surface area contributed by atoms with Crippen molar-refractivity contribution < 1.29 is 8.42 Å². The summed E-state index contributed by atoms with van der Waals surface area (Å²) in [5.74, 6) is 0.753. The Morgan fingerprint density at radius 2 is 1.90 bits per heavy atom. The van der Waals surface area contributed by atoms with E-state index in [0.717, 1.165) is 31.6 Å². The highest BCUT2D eigenvalue weighted by molar-refractivity contribution is 9.10. The van der Waals surface area contributed by atoms with Gasteiger partial charge in [-0.25, -0.2) is 8.42 Å². The fraction of sp³-hybridized carbons (Fsp3) is 0.600. The fourth-order valence-corrected chi connectivity index (χ4v) is 4.92. The van der Waals surface area contributed by atoms with Gasteiger partial charge in [-0.05, 0) is 65.7 Å². The minimum absolute atomic E-state index is 0.106. The Balaban J connectivity index is 2.17. The molecule has 6 heteroatoms. The topological polar surface area (TPSA) is 63.4 Å². The smallest absolute Gasteiger partial charge is 0.243 e. The first kappa shape index (κ1) is 16.8. The monoisotopic (exact) mass is 374 g/mol. The van der Waals surface area contributed by atoms with Gasteiger partial charge in [0.15, 0.2) is 0 Å². The average molecular weight is 375 g/mol. The maximum atomic E-state index is 12.7. The van der Waals surface area contributed by atoms with Crippen molar-refractivity contribution in [2.45, 2.75) is 50.0 Å². The predicted octanol–water partition coefficient (Wildman–Crippen LogP) is 3.62. The molecule has 1 aromatic carbocycles. The Bertz CT molecular complexity index is 596. The highest BCUT2D eigenvalue weighted by atomic mass is 79.9. The van der Waals surface area contributed by atoms with Crippen LogP contribution in [0.5, 0.6) is 0 Å². The van der Waals surface area contributed by atoms with Gasteiger partial charge < -0.3 is 5.73 Å². The van der Waals surface area contributed by atoms with Gasteiger partial charge in [0.2, 0.25) is 10.0 Å². The van der Waals surface area contributed by atoms with Crippen LogP contribution in [0.25, 0.3) is 0 Å². The Hall–Kier alpha value is -0.590. The first-order valence-electron chi connectivity index (χ1n) is 7.39. The van der Waals surface area contributed by atoms with Crippen LogP contribution < -0.4 is 5.73 Å². The minimum Gasteiger partial charge on any atom is -0.398 e. The lowest BCUT2D eigenvalue weighted by atomic mass is 9.85. The summed E-state index contributed by atoms with van der Waals surface area (Å²) in [5, 5.41) is 0. The third-order valence-corrected chi connectivity index (χ3v) is 7.15. The van der Waals surface area contributed by atoms with E-state index in [-0.39, 0.29) is 6.04 Å². The van der Waals surface area contributed by atoms with E-state index >= 15 is 0 Å². The van der Waals surface area contributed by atoms with Crippen molar-refractivity contribution in [2.24, 2.45) is 5.92 Å². The largest absolute Gasteiger partial charge is 0.398 e. The summed E-state index contributed by atoms with van der Waals surface area (Å²) in [4.78, 5) is 0.295. The van der Waals surface area contributed by atoms with Crippen molar-refractivity contribution in [3.63, 3.8) is 0 Å². The first-order chi connectivity index (χ1) is 9.86. The lowest BCUT2D eigenvalue weighted by Crippen LogP contribution is -2.39. The SMILES string of the molecule is CCC1CCC(N(C)S(=O)(=O)c2ccc(N)c(Br)c2)CC1. The molecule has 0 radical (unpaired) electrons. The molecule has 118 valence electrons. The number of hydrogen-bond donors (Lipinski definition) is 1. The van der Waals surface area contributed by atoms with Gasteiger partial charge in [-0.2, -0.15) is 4.31 Å². The van der Waals surface area contributed by atoms with Crippen molar-refractivity contribution in [3.05, 3.63) is 22.7 Å². The summed E-state index contributed by atoms with van der Waals surface area (Å²) in [6.07, 6.45) is 5.32. The second kappa shape index (κ2) is 6.67. The van der Waals surface area contributed by atoms with Crippen LogP contribution in [0.2, 0.25) is 0 Å². The van der Waals surface area contributed by atoms with Gasteiger partial charge >= 0.3 is 0 Å². The van der Waals surface area contributed by atoms with Crippen molar-refractivity contribution >= 4 is 31.6 Å². The van der Waals surface area contributed by atoms with Crippen LogP contribution in [-0.2, 0) is 10.0 Å². The molecule has 21 heavy (non-hydrogen) atoms. The van der Waals surface area contributed by atoms with E-state index in [0.29, 0.717) is 15.1 Å². The number of anilines is 1. The third kappa shape index (κ3) is 3.60. The molecule has 0 heterocycles. The average Bonchev–Trinajstić information content (AvgIpc) is 2.49. The first-order valence-corrected chi connectivity index (χ1v) is 9.62. The molecule has 2 rings (SSSR count). The molecular formula is C15H23BrN2O2S. The molecule has 0 spiro atoms. The van der Waals surface area contributed by atoms with Crippen LogP contribution in [0.4, 0.5) is 5.69 Å². The lowest BCUT2D eigenvalue weighted by Gasteiger charge is -2.33. The van der Waals surface area contributed by atoms with Crippen LogP contribution in [0.3, 0.4) is 0 Å². The summed E-state index contributed by atoms with van der Waals surface area (Å²) in [6, 6.07) is 4.88. The summed E-state index contributed by atoms with van der Waals surface area (Å²) in [5.41, 5.74) is 6.27. The van der Waals surface area contributed by atoms with Crippen LogP contribution in [0.15, 0.2) is 27.6 Å². The van der Waals surface area contributed by atoms with Crippen LogP contribution in [0.1, 0.15) is 39.0 Å². The van der Waals surface area contributed by atoms with E-state index in [1.54, 1.807) is 25.2 Å². The second-order valence-corrected chi connectivity index (χ2v) is 8.64. The molecule has 1 fully saturated rings. The summed E-state index contributed by atoms with van der Waals surface area (Å²) >= 11 is 3.29. The van der Waals surface area contributed by atoms with Gasteiger partial charge in [-0.15, -0.1) is 0 Å². The molecule has 0 amide bonds. The van der Waals surface area contributed by atoms with Gasteiger partial charge in [-0.1, -0.05) is 13.3 Å². The van der Waals surface area contributed by atoms with E-state index in [1.807, 2.05) is 0 Å². The standard InChI is InChI=1S/C15H23BrN2O2S/c1-3-11-4-6-12(7-5-11)18(2)21(19,20)13-8-9-15(17)14(16)10-13/h8-12H,3-7,17H2,1-2H3. The zero-order valence-corrected chi connectivity index (χ0v) is 15.0. The second-order valence-electron chi connectivity index (χ2n) is 5.79. The highest BCUT2D eigenvalue weighted by Crippen LogP contribution is 2.32. The molecule has 4 nitrogen and oxygen atoms in total. The zero-order chi connectivity index (χ0) is 15.6. The number of sulfonamides is 1. The number of nitrogens with zero attached hydrogens (tertiary/aromatic N) is 1. The predicted molar refractivity (Wildman–Crippen MR) is 89.5 cm³/mol. The quantitative estimate of drug-likeness (QED) is 0.818. The van der Waals surface area contributed by atoms with Gasteiger partial charge in [0.1, 0.15) is 0 Å². The molecule has 1 aromatic rings. The molecule has 0 atom stereocenters. The number of hydrogen-bond acceptors (Lipinski definition) is 3. The Morgan fingerprint density at radius 3 is 2.43 bits per heavy atom. The van der Waals surface area contributed by atoms with Gasteiger partial charge in [0.05, 0.1) is 4.90 Å². The number of nitrogens with two attached hydrogens (primary N) is 1. The van der Waals surface area contributed by atoms with E-state index < -0.39 is 10.0 Å². The number of halogens is 1. The molecule has 0 saturated heterocycles. The van der Waals surface area contributed by atoms with Crippen LogP contribution >= 0.6 is 15.9 Å². The van der Waals surface area contributed by atoms with E-state index in [1.165, 1.54) is 10.7 Å². The molecule has 0 aliphatic heterocycles. The molecule has 2 N–H and O–H groups in total. The van der Waals surface area contributed by atoms with Crippen molar-refractivity contribution in [3.8, 4) is 0 Å². The Labute approximate surface area is 135 Å². The third-order valence-electron chi connectivity index (χ3n) is 4.56. The van der Waals surface area contributed by atoms with Gasteiger partial charge in [0, 0.05) is 23.2 Å². The molecule has 0 bridgehead atoms. The lowest BCUT2D eigenvalue weighted by molar-refractivity contribution is 0.233. The van der Waals surface area contributed by atoms with Crippen LogP contribution in [0, 0.1) is 5.92 Å².